The minimum Gasteiger partial charge on any atom is -0.368 e. The number of hydrogen-bond donors (Lipinski definition) is 2. The number of halogens is 1. The Labute approximate surface area is 187 Å². The lowest BCUT2D eigenvalue weighted by Crippen LogP contribution is -2.67. The van der Waals surface area contributed by atoms with Crippen LogP contribution in [0, 0.1) is 17.7 Å². The smallest absolute Gasteiger partial charge is 0.247 e. The fourth-order valence-corrected chi connectivity index (χ4v) is 4.98. The van der Waals surface area contributed by atoms with Gasteiger partial charge in [0, 0.05) is 0 Å². The molecule has 32 heavy (non-hydrogen) atoms. The van der Waals surface area contributed by atoms with Gasteiger partial charge < -0.3 is 16.0 Å². The molecule has 2 aromatic rings. The fourth-order valence-electron chi connectivity index (χ4n) is 4.98. The molecule has 0 spiro atoms. The Bertz CT molecular complexity index is 1010. The molecule has 7 heteroatoms. The van der Waals surface area contributed by atoms with Crippen molar-refractivity contribution >= 4 is 17.7 Å². The minimum absolute atomic E-state index is 0.104. The molecular formula is C25H28FN3O3. The van der Waals surface area contributed by atoms with Crippen LogP contribution in [0.2, 0.25) is 0 Å². The first-order valence-electron chi connectivity index (χ1n) is 11.0. The van der Waals surface area contributed by atoms with E-state index in [0.29, 0.717) is 24.8 Å². The second kappa shape index (κ2) is 8.73. The quantitative estimate of drug-likeness (QED) is 0.727. The highest BCUT2D eigenvalue weighted by molar-refractivity contribution is 6.00. The van der Waals surface area contributed by atoms with E-state index in [2.05, 4.69) is 5.32 Å². The van der Waals surface area contributed by atoms with Gasteiger partial charge >= 0.3 is 0 Å². The lowest BCUT2D eigenvalue weighted by Gasteiger charge is -2.44. The molecule has 2 aromatic carbocycles. The highest BCUT2D eigenvalue weighted by Crippen LogP contribution is 2.35. The van der Waals surface area contributed by atoms with Crippen molar-refractivity contribution in [2.75, 3.05) is 0 Å². The lowest BCUT2D eigenvalue weighted by atomic mass is 9.88. The van der Waals surface area contributed by atoms with E-state index in [9.17, 15) is 18.8 Å². The predicted octanol–water partition coefficient (Wildman–Crippen LogP) is 2.51. The maximum atomic E-state index is 13.8. The maximum Gasteiger partial charge on any atom is 0.247 e. The van der Waals surface area contributed by atoms with Crippen molar-refractivity contribution in [1.29, 1.82) is 0 Å². The summed E-state index contributed by atoms with van der Waals surface area (Å²) < 4.78 is 13.5. The Balaban J connectivity index is 1.71. The molecule has 1 fully saturated rings. The molecule has 3 amide bonds. The monoisotopic (exact) mass is 437 g/mol. The summed E-state index contributed by atoms with van der Waals surface area (Å²) in [6, 6.07) is 10.6. The number of piperazine rings is 1. The van der Waals surface area contributed by atoms with Gasteiger partial charge in [-0.3, -0.25) is 14.4 Å². The van der Waals surface area contributed by atoms with Gasteiger partial charge in [-0.1, -0.05) is 50.2 Å². The van der Waals surface area contributed by atoms with Gasteiger partial charge in [0.05, 0.1) is 0 Å². The van der Waals surface area contributed by atoms with Crippen LogP contribution in [0.15, 0.2) is 48.5 Å². The van der Waals surface area contributed by atoms with E-state index in [-0.39, 0.29) is 23.7 Å². The number of fused-ring (bicyclic) bond motifs is 1. The molecule has 0 unspecified atom stereocenters. The second-order valence-electron chi connectivity index (χ2n) is 9.17. The number of nitrogens with zero attached hydrogens (tertiary/aromatic N) is 1. The Morgan fingerprint density at radius 2 is 1.69 bits per heavy atom. The molecule has 2 aliphatic rings. The Morgan fingerprint density at radius 1 is 1.09 bits per heavy atom. The molecule has 4 rings (SSSR count). The van der Waals surface area contributed by atoms with Crippen LogP contribution in [-0.4, -0.2) is 34.7 Å². The topological polar surface area (TPSA) is 92.5 Å². The van der Waals surface area contributed by atoms with Crippen molar-refractivity contribution in [3.63, 3.8) is 0 Å². The number of hydrogen-bond acceptors (Lipinski definition) is 3. The van der Waals surface area contributed by atoms with Crippen LogP contribution in [0.4, 0.5) is 4.39 Å². The standard InChI is InChI=1S/C25H28FN3O3/c1-14(2)11-20-24(31)28-21(18-12-16-5-3-4-6-17(16)13-18)25(32)29(20)22(23(27)30)15-7-9-19(26)10-8-15/h3-10,14,18,20-22H,11-13H2,1-2H3,(H2,27,30)(H,28,31)/t20-,21-,22-/m1/s1. The van der Waals surface area contributed by atoms with Gasteiger partial charge in [0.15, 0.2) is 0 Å². The van der Waals surface area contributed by atoms with Gasteiger partial charge in [0.1, 0.15) is 23.9 Å². The van der Waals surface area contributed by atoms with Gasteiger partial charge in [0.25, 0.3) is 0 Å². The molecule has 0 bridgehead atoms. The largest absolute Gasteiger partial charge is 0.368 e. The summed E-state index contributed by atoms with van der Waals surface area (Å²) in [7, 11) is 0. The zero-order chi connectivity index (χ0) is 23.0. The average Bonchev–Trinajstić information content (AvgIpc) is 3.17. The SMILES string of the molecule is CC(C)C[C@@H]1C(=O)N[C@H](C2Cc3ccccc3C2)C(=O)N1[C@@H](C(N)=O)c1ccc(F)cc1. The molecule has 3 atom stereocenters. The van der Waals surface area contributed by atoms with Gasteiger partial charge in [-0.05, 0) is 59.9 Å². The zero-order valence-electron chi connectivity index (χ0n) is 18.3. The maximum absolute atomic E-state index is 13.8. The number of benzene rings is 2. The van der Waals surface area contributed by atoms with Crippen LogP contribution >= 0.6 is 0 Å². The van der Waals surface area contributed by atoms with Crippen LogP contribution < -0.4 is 11.1 Å². The van der Waals surface area contributed by atoms with Crippen molar-refractivity contribution < 1.29 is 18.8 Å². The Morgan fingerprint density at radius 3 is 2.22 bits per heavy atom. The van der Waals surface area contributed by atoms with Gasteiger partial charge in [-0.25, -0.2) is 4.39 Å². The number of nitrogens with one attached hydrogen (secondary N) is 1. The summed E-state index contributed by atoms with van der Waals surface area (Å²) in [5.41, 5.74) is 8.47. The van der Waals surface area contributed by atoms with Crippen LogP contribution in [0.1, 0.15) is 43.0 Å². The number of primary amides is 1. The minimum atomic E-state index is -1.15. The molecule has 0 aromatic heterocycles. The number of amides is 3. The van der Waals surface area contributed by atoms with E-state index in [0.717, 1.165) is 0 Å². The highest BCUT2D eigenvalue weighted by atomic mass is 19.1. The molecule has 1 heterocycles. The summed E-state index contributed by atoms with van der Waals surface area (Å²) in [4.78, 5) is 41.0. The molecule has 0 saturated carbocycles. The normalized spacial score (nSPS) is 22.1. The summed E-state index contributed by atoms with van der Waals surface area (Å²) in [6.45, 7) is 3.90. The molecular weight excluding hydrogens is 409 g/mol. The third kappa shape index (κ3) is 4.11. The zero-order valence-corrected chi connectivity index (χ0v) is 18.3. The fraction of sp³-hybridized carbons (Fsp3) is 0.400. The summed E-state index contributed by atoms with van der Waals surface area (Å²) in [5.74, 6) is -1.81. The average molecular weight is 438 g/mol. The van der Waals surface area contributed by atoms with Crippen molar-refractivity contribution in [2.24, 2.45) is 17.6 Å². The van der Waals surface area contributed by atoms with Crippen molar-refractivity contribution in [2.45, 2.75) is 51.2 Å². The molecule has 1 aliphatic carbocycles. The van der Waals surface area contributed by atoms with Crippen molar-refractivity contribution in [3.8, 4) is 0 Å². The molecule has 3 N–H and O–H groups in total. The number of carbonyl (C=O) groups excluding carboxylic acids is 3. The van der Waals surface area contributed by atoms with E-state index in [1.54, 1.807) is 0 Å². The van der Waals surface area contributed by atoms with E-state index in [4.69, 9.17) is 5.73 Å². The molecule has 6 nitrogen and oxygen atoms in total. The summed E-state index contributed by atoms with van der Waals surface area (Å²) in [5, 5.41) is 2.94. The van der Waals surface area contributed by atoms with Crippen LogP contribution in [0.3, 0.4) is 0 Å². The highest BCUT2D eigenvalue weighted by Gasteiger charge is 2.49. The third-order valence-electron chi connectivity index (χ3n) is 6.44. The van der Waals surface area contributed by atoms with E-state index in [1.807, 2.05) is 38.1 Å². The predicted molar refractivity (Wildman–Crippen MR) is 118 cm³/mol. The van der Waals surface area contributed by atoms with E-state index >= 15 is 0 Å². The van der Waals surface area contributed by atoms with Gasteiger partial charge in [0.2, 0.25) is 17.7 Å². The number of rotatable bonds is 6. The number of nitrogens with two attached hydrogens (primary N) is 1. The molecule has 0 radical (unpaired) electrons. The first-order chi connectivity index (χ1) is 15.3. The Kier molecular flexibility index (Phi) is 6.00. The van der Waals surface area contributed by atoms with Gasteiger partial charge in [-0.2, -0.15) is 0 Å². The second-order valence-corrected chi connectivity index (χ2v) is 9.17. The van der Waals surface area contributed by atoms with Crippen molar-refractivity contribution in [3.05, 3.63) is 71.0 Å². The lowest BCUT2D eigenvalue weighted by molar-refractivity contribution is -0.157. The molecule has 168 valence electrons. The summed E-state index contributed by atoms with van der Waals surface area (Å²) in [6.07, 6.45) is 1.74. The third-order valence-corrected chi connectivity index (χ3v) is 6.44. The van der Waals surface area contributed by atoms with E-state index in [1.165, 1.54) is 40.3 Å². The Hall–Kier alpha value is -3.22. The van der Waals surface area contributed by atoms with Crippen LogP contribution in [-0.2, 0) is 27.2 Å². The first kappa shape index (κ1) is 22.0. The van der Waals surface area contributed by atoms with Gasteiger partial charge in [-0.15, -0.1) is 0 Å². The van der Waals surface area contributed by atoms with Crippen molar-refractivity contribution in [1.82, 2.24) is 10.2 Å². The van der Waals surface area contributed by atoms with Crippen LogP contribution in [0.25, 0.3) is 0 Å². The molecule has 1 aliphatic heterocycles. The number of carbonyl (C=O) groups is 3. The van der Waals surface area contributed by atoms with E-state index < -0.39 is 29.8 Å². The summed E-state index contributed by atoms with van der Waals surface area (Å²) >= 11 is 0. The molecule has 1 saturated heterocycles. The first-order valence-corrected chi connectivity index (χ1v) is 11.0. The van der Waals surface area contributed by atoms with Crippen LogP contribution in [0.5, 0.6) is 0 Å².